The Bertz CT molecular complexity index is 379. The number of aryl methyl sites for hydroxylation is 1. The van der Waals surface area contributed by atoms with E-state index in [-0.39, 0.29) is 5.97 Å². The number of carbonyl (C=O) groups excluding carboxylic acids is 1. The molecule has 0 spiro atoms. The lowest BCUT2D eigenvalue weighted by atomic mass is 10.2. The first-order valence-electron chi connectivity index (χ1n) is 4.48. The molecule has 1 aromatic heterocycles. The van der Waals surface area contributed by atoms with Crippen molar-refractivity contribution in [3.8, 4) is 5.75 Å². The molecule has 0 amide bonds. The first-order valence-corrected chi connectivity index (χ1v) is 5.27. The molecule has 82 valence electrons. The van der Waals surface area contributed by atoms with Crippen LogP contribution < -0.4 is 4.74 Å². The highest BCUT2D eigenvalue weighted by Gasteiger charge is 2.14. The molecule has 0 fully saturated rings. The van der Waals surface area contributed by atoms with E-state index >= 15 is 0 Å². The molecule has 0 unspecified atom stereocenters. The summed E-state index contributed by atoms with van der Waals surface area (Å²) in [6.45, 7) is 3.85. The van der Waals surface area contributed by atoms with Crippen molar-refractivity contribution in [3.05, 3.63) is 21.9 Å². The van der Waals surface area contributed by atoms with Crippen molar-refractivity contribution >= 4 is 21.9 Å². The topological polar surface area (TPSA) is 48.4 Å². The maximum Gasteiger partial charge on any atom is 0.340 e. The van der Waals surface area contributed by atoms with Gasteiger partial charge in [0.25, 0.3) is 0 Å². The van der Waals surface area contributed by atoms with Crippen LogP contribution in [0.5, 0.6) is 5.75 Å². The average Bonchev–Trinajstić information content (AvgIpc) is 2.18. The number of halogens is 1. The third-order valence-corrected chi connectivity index (χ3v) is 2.42. The smallest absolute Gasteiger partial charge is 0.340 e. The average molecular weight is 274 g/mol. The Balaban J connectivity index is 3.12. The number of esters is 1. The number of pyridine rings is 1. The molecule has 0 saturated carbocycles. The fraction of sp³-hybridized carbons (Fsp3) is 0.400. The largest absolute Gasteiger partial charge is 0.494 e. The van der Waals surface area contributed by atoms with Crippen molar-refractivity contribution < 1.29 is 14.3 Å². The molecule has 0 aromatic carbocycles. The van der Waals surface area contributed by atoms with Crippen molar-refractivity contribution in [2.45, 2.75) is 13.8 Å². The zero-order valence-electron chi connectivity index (χ0n) is 8.83. The van der Waals surface area contributed by atoms with Crippen LogP contribution in [-0.4, -0.2) is 24.7 Å². The number of hydrogen-bond donors (Lipinski definition) is 0. The minimum absolute atomic E-state index is 0.344. The highest BCUT2D eigenvalue weighted by Crippen LogP contribution is 2.25. The van der Waals surface area contributed by atoms with Gasteiger partial charge in [-0.25, -0.2) is 9.78 Å². The predicted molar refractivity (Wildman–Crippen MR) is 59.2 cm³/mol. The molecular weight excluding hydrogens is 262 g/mol. The first kappa shape index (κ1) is 12.0. The van der Waals surface area contributed by atoms with Crippen molar-refractivity contribution in [3.63, 3.8) is 0 Å². The van der Waals surface area contributed by atoms with Crippen LogP contribution in [0.4, 0.5) is 0 Å². The van der Waals surface area contributed by atoms with Crippen LogP contribution in [0.15, 0.2) is 10.7 Å². The number of hydrogen-bond acceptors (Lipinski definition) is 4. The lowest BCUT2D eigenvalue weighted by molar-refractivity contribution is 0.0524. The number of rotatable bonds is 3. The van der Waals surface area contributed by atoms with Crippen LogP contribution in [0.1, 0.15) is 23.0 Å². The molecule has 0 aliphatic rings. The van der Waals surface area contributed by atoms with Crippen LogP contribution in [0.25, 0.3) is 0 Å². The Morgan fingerprint density at radius 3 is 2.80 bits per heavy atom. The van der Waals surface area contributed by atoms with Gasteiger partial charge in [0, 0.05) is 0 Å². The first-order chi connectivity index (χ1) is 7.10. The number of methoxy groups -OCH3 is 1. The molecule has 0 aliphatic carbocycles. The van der Waals surface area contributed by atoms with Crippen LogP contribution in [0.2, 0.25) is 0 Å². The second-order valence-electron chi connectivity index (χ2n) is 2.83. The summed E-state index contributed by atoms with van der Waals surface area (Å²) in [6.07, 6.45) is 0. The quantitative estimate of drug-likeness (QED) is 0.627. The highest BCUT2D eigenvalue weighted by atomic mass is 79.9. The molecule has 0 atom stereocenters. The van der Waals surface area contributed by atoms with Gasteiger partial charge < -0.3 is 9.47 Å². The van der Waals surface area contributed by atoms with Crippen LogP contribution in [0, 0.1) is 6.92 Å². The van der Waals surface area contributed by atoms with Gasteiger partial charge in [-0.05, 0) is 35.8 Å². The monoisotopic (exact) mass is 273 g/mol. The number of ether oxygens (including phenoxy) is 2. The third-order valence-electron chi connectivity index (χ3n) is 1.85. The predicted octanol–water partition coefficient (Wildman–Crippen LogP) is 2.34. The summed E-state index contributed by atoms with van der Waals surface area (Å²) in [4.78, 5) is 15.7. The molecule has 1 rings (SSSR count). The highest BCUT2D eigenvalue weighted by molar-refractivity contribution is 9.10. The SMILES string of the molecule is CCOC(=O)c1cc(OC)c(Br)nc1C. The van der Waals surface area contributed by atoms with E-state index in [1.165, 1.54) is 7.11 Å². The molecule has 5 heteroatoms. The van der Waals surface area contributed by atoms with E-state index in [0.717, 1.165) is 0 Å². The summed E-state index contributed by atoms with van der Waals surface area (Å²) < 4.78 is 10.5. The van der Waals surface area contributed by atoms with Gasteiger partial charge in [0.05, 0.1) is 25.0 Å². The van der Waals surface area contributed by atoms with E-state index in [9.17, 15) is 4.79 Å². The van der Waals surface area contributed by atoms with E-state index in [1.807, 2.05) is 0 Å². The Kier molecular flexibility index (Phi) is 4.08. The Labute approximate surface area is 96.7 Å². The van der Waals surface area contributed by atoms with E-state index < -0.39 is 0 Å². The standard InChI is InChI=1S/C10H12BrNO3/c1-4-15-10(13)7-5-8(14-3)9(11)12-6(7)2/h5H,4H2,1-3H3. The summed E-state index contributed by atoms with van der Waals surface area (Å²) in [5, 5.41) is 0. The van der Waals surface area contributed by atoms with E-state index in [1.54, 1.807) is 19.9 Å². The minimum Gasteiger partial charge on any atom is -0.494 e. The molecule has 1 aromatic rings. The zero-order valence-corrected chi connectivity index (χ0v) is 10.4. The van der Waals surface area contributed by atoms with Gasteiger partial charge in [0.15, 0.2) is 5.75 Å². The van der Waals surface area contributed by atoms with Crippen molar-refractivity contribution in [1.29, 1.82) is 0 Å². The molecule has 0 saturated heterocycles. The van der Waals surface area contributed by atoms with Gasteiger partial charge in [0.1, 0.15) is 4.60 Å². The molecular formula is C10H12BrNO3. The Hall–Kier alpha value is -1.10. The summed E-state index contributed by atoms with van der Waals surface area (Å²) in [6, 6.07) is 1.62. The van der Waals surface area contributed by atoms with Crippen molar-refractivity contribution in [2.75, 3.05) is 13.7 Å². The van der Waals surface area contributed by atoms with Gasteiger partial charge in [-0.3, -0.25) is 0 Å². The van der Waals surface area contributed by atoms with E-state index in [2.05, 4.69) is 20.9 Å². The number of nitrogens with zero attached hydrogens (tertiary/aromatic N) is 1. The lowest BCUT2D eigenvalue weighted by Gasteiger charge is -2.08. The van der Waals surface area contributed by atoms with Gasteiger partial charge in [-0.15, -0.1) is 0 Å². The normalized spacial score (nSPS) is 9.87. The van der Waals surface area contributed by atoms with Gasteiger partial charge in [-0.2, -0.15) is 0 Å². The Morgan fingerprint density at radius 1 is 1.60 bits per heavy atom. The van der Waals surface area contributed by atoms with Crippen LogP contribution in [-0.2, 0) is 4.74 Å². The molecule has 0 N–H and O–H groups in total. The maximum absolute atomic E-state index is 11.5. The third kappa shape index (κ3) is 2.68. The summed E-state index contributed by atoms with van der Waals surface area (Å²) in [5.41, 5.74) is 1.04. The molecule has 4 nitrogen and oxygen atoms in total. The van der Waals surface area contributed by atoms with Crippen LogP contribution >= 0.6 is 15.9 Å². The second-order valence-corrected chi connectivity index (χ2v) is 3.59. The number of aromatic nitrogens is 1. The number of carbonyl (C=O) groups is 1. The minimum atomic E-state index is -0.381. The van der Waals surface area contributed by atoms with Gasteiger partial charge in [-0.1, -0.05) is 0 Å². The van der Waals surface area contributed by atoms with Crippen LogP contribution in [0.3, 0.4) is 0 Å². The second kappa shape index (κ2) is 5.11. The fourth-order valence-electron chi connectivity index (χ4n) is 1.12. The lowest BCUT2D eigenvalue weighted by Crippen LogP contribution is -2.08. The van der Waals surface area contributed by atoms with E-state index in [4.69, 9.17) is 9.47 Å². The maximum atomic E-state index is 11.5. The van der Waals surface area contributed by atoms with Crippen molar-refractivity contribution in [1.82, 2.24) is 4.98 Å². The summed E-state index contributed by atoms with van der Waals surface area (Å²) >= 11 is 3.24. The van der Waals surface area contributed by atoms with Gasteiger partial charge >= 0.3 is 5.97 Å². The van der Waals surface area contributed by atoms with Crippen molar-refractivity contribution in [2.24, 2.45) is 0 Å². The molecule has 0 radical (unpaired) electrons. The Morgan fingerprint density at radius 2 is 2.27 bits per heavy atom. The molecule has 1 heterocycles. The molecule has 0 aliphatic heterocycles. The molecule has 15 heavy (non-hydrogen) atoms. The molecule has 0 bridgehead atoms. The zero-order chi connectivity index (χ0) is 11.4. The van der Waals surface area contributed by atoms with E-state index in [0.29, 0.717) is 28.2 Å². The fourth-order valence-corrected chi connectivity index (χ4v) is 1.66. The van der Waals surface area contributed by atoms with Gasteiger partial charge in [0.2, 0.25) is 0 Å². The summed E-state index contributed by atoms with van der Waals surface area (Å²) in [7, 11) is 1.52. The summed E-state index contributed by atoms with van der Waals surface area (Å²) in [5.74, 6) is 0.136.